The summed E-state index contributed by atoms with van der Waals surface area (Å²) in [5.41, 5.74) is 0.434. The summed E-state index contributed by atoms with van der Waals surface area (Å²) in [6, 6.07) is 14.5. The number of hydrogen-bond acceptors (Lipinski definition) is 7. The van der Waals surface area contributed by atoms with Gasteiger partial charge < -0.3 is 19.9 Å². The molecule has 0 spiro atoms. The fourth-order valence-corrected chi connectivity index (χ4v) is 5.14. The Hall–Kier alpha value is -3.93. The zero-order valence-electron chi connectivity index (χ0n) is 18.7. The van der Waals surface area contributed by atoms with Gasteiger partial charge in [0, 0.05) is 13.1 Å². The van der Waals surface area contributed by atoms with E-state index in [9.17, 15) is 22.8 Å². The average Bonchev–Trinajstić information content (AvgIpc) is 3.50. The van der Waals surface area contributed by atoms with Crippen molar-refractivity contribution in [2.45, 2.75) is 31.8 Å². The van der Waals surface area contributed by atoms with E-state index in [4.69, 9.17) is 0 Å². The quantitative estimate of drug-likeness (QED) is 0.399. The molecule has 0 saturated carbocycles. The summed E-state index contributed by atoms with van der Waals surface area (Å²) >= 11 is 1.11. The molecule has 1 aliphatic rings. The van der Waals surface area contributed by atoms with Gasteiger partial charge in [-0.3, -0.25) is 9.59 Å². The van der Waals surface area contributed by atoms with Crippen molar-refractivity contribution >= 4 is 32.7 Å². The van der Waals surface area contributed by atoms with Gasteiger partial charge in [-0.2, -0.15) is 0 Å². The van der Waals surface area contributed by atoms with Gasteiger partial charge in [0.15, 0.2) is 15.5 Å². The van der Waals surface area contributed by atoms with E-state index >= 15 is 0 Å². The van der Waals surface area contributed by atoms with Crippen molar-refractivity contribution < 1.29 is 22.7 Å². The third-order valence-electron chi connectivity index (χ3n) is 5.74. The van der Waals surface area contributed by atoms with Crippen LogP contribution in [0.25, 0.3) is 21.7 Å². The molecule has 0 bridgehead atoms. The minimum absolute atomic E-state index is 0.0110. The third kappa shape index (κ3) is 5.03. The number of thiazole rings is 1. The summed E-state index contributed by atoms with van der Waals surface area (Å²) in [5, 5.41) is 3.40. The number of alkyl halides is 3. The molecule has 1 aliphatic heterocycles. The lowest BCUT2D eigenvalue weighted by atomic mass is 10.2. The maximum absolute atomic E-state index is 12.9. The number of ether oxygens (including phenoxy) is 1. The van der Waals surface area contributed by atoms with Gasteiger partial charge in [-0.1, -0.05) is 53.8 Å². The van der Waals surface area contributed by atoms with Gasteiger partial charge in [-0.15, -0.1) is 13.2 Å². The Kier molecular flexibility index (Phi) is 6.35. The number of aromatic amines is 1. The Bertz CT molecular complexity index is 1450. The number of anilines is 1. The first kappa shape index (κ1) is 23.8. The van der Waals surface area contributed by atoms with E-state index < -0.39 is 23.7 Å². The molecule has 0 radical (unpaired) electrons. The molecule has 186 valence electrons. The molecule has 4 aromatic rings. The second-order valence-corrected chi connectivity index (χ2v) is 9.12. The van der Waals surface area contributed by atoms with Crippen LogP contribution >= 0.6 is 11.3 Å². The van der Waals surface area contributed by atoms with Crippen LogP contribution in [-0.2, 0) is 11.3 Å². The number of nitrogens with one attached hydrogen (secondary N) is 2. The highest BCUT2D eigenvalue weighted by Gasteiger charge is 2.34. The molecule has 2 N–H and O–H groups in total. The minimum atomic E-state index is -4.90. The number of H-pyrrole nitrogens is 1. The number of aromatic nitrogens is 3. The molecule has 1 fully saturated rings. The van der Waals surface area contributed by atoms with Crippen LogP contribution in [0.5, 0.6) is 5.75 Å². The molecule has 5 rings (SSSR count). The number of carbonyl (C=O) groups excluding carboxylic acids is 1. The Morgan fingerprint density at radius 2 is 1.89 bits per heavy atom. The van der Waals surface area contributed by atoms with E-state index in [0.717, 1.165) is 29.4 Å². The molecule has 36 heavy (non-hydrogen) atoms. The molecule has 12 heteroatoms. The first-order chi connectivity index (χ1) is 17.3. The summed E-state index contributed by atoms with van der Waals surface area (Å²) in [6.07, 6.45) is -3.49. The van der Waals surface area contributed by atoms with Crippen LogP contribution in [0.15, 0.2) is 59.4 Å². The molecule has 1 saturated heterocycles. The highest BCUT2D eigenvalue weighted by atomic mass is 32.1. The highest BCUT2D eigenvalue weighted by Crippen LogP contribution is 2.35. The first-order valence-corrected chi connectivity index (χ1v) is 11.9. The smallest absolute Gasteiger partial charge is 0.405 e. The van der Waals surface area contributed by atoms with Crippen molar-refractivity contribution in [2.24, 2.45) is 0 Å². The van der Waals surface area contributed by atoms with E-state index in [-0.39, 0.29) is 27.6 Å². The summed E-state index contributed by atoms with van der Waals surface area (Å²) < 4.78 is 42.6. The predicted octanol–water partition coefficient (Wildman–Crippen LogP) is 4.23. The van der Waals surface area contributed by atoms with Gasteiger partial charge in [0.05, 0.1) is 5.56 Å². The first-order valence-electron chi connectivity index (χ1n) is 11.1. The van der Waals surface area contributed by atoms with E-state index in [1.165, 1.54) is 18.2 Å². The highest BCUT2D eigenvalue weighted by molar-refractivity contribution is 7.21. The zero-order valence-corrected chi connectivity index (χ0v) is 19.5. The predicted molar refractivity (Wildman–Crippen MR) is 129 cm³/mol. The number of carbonyl (C=O) groups is 1. The molecule has 3 heterocycles. The van der Waals surface area contributed by atoms with Crippen molar-refractivity contribution in [3.05, 3.63) is 70.5 Å². The SMILES string of the molecule is O=C(NCc1ccccc1)C1CCCN1c1nc2c(=O)[nH]c(-c3ccccc3OC(F)(F)F)nc2s1. The summed E-state index contributed by atoms with van der Waals surface area (Å²) in [4.78, 5) is 39.0. The minimum Gasteiger partial charge on any atom is -0.405 e. The monoisotopic (exact) mass is 515 g/mol. The topological polar surface area (TPSA) is 100 Å². The maximum atomic E-state index is 12.9. The largest absolute Gasteiger partial charge is 0.573 e. The molecular formula is C24H20F3N5O3S. The maximum Gasteiger partial charge on any atom is 0.573 e. The van der Waals surface area contributed by atoms with Crippen LogP contribution < -0.4 is 20.5 Å². The fourth-order valence-electron chi connectivity index (χ4n) is 4.12. The molecular weight excluding hydrogens is 495 g/mol. The lowest BCUT2D eigenvalue weighted by molar-refractivity contribution is -0.274. The third-order valence-corrected chi connectivity index (χ3v) is 6.72. The van der Waals surface area contributed by atoms with Crippen molar-refractivity contribution in [2.75, 3.05) is 11.4 Å². The Balaban J connectivity index is 1.42. The van der Waals surface area contributed by atoms with Gasteiger partial charge in [-0.25, -0.2) is 9.97 Å². The van der Waals surface area contributed by atoms with Crippen molar-refractivity contribution in [3.63, 3.8) is 0 Å². The molecule has 2 aromatic heterocycles. The molecule has 2 aromatic carbocycles. The van der Waals surface area contributed by atoms with Crippen LogP contribution in [0.3, 0.4) is 0 Å². The number of fused-ring (bicyclic) bond motifs is 1. The van der Waals surface area contributed by atoms with Gasteiger partial charge in [0.25, 0.3) is 5.56 Å². The van der Waals surface area contributed by atoms with Crippen LogP contribution in [0, 0.1) is 0 Å². The number of halogens is 3. The van der Waals surface area contributed by atoms with Crippen LogP contribution in [0.4, 0.5) is 18.3 Å². The Morgan fingerprint density at radius 3 is 2.67 bits per heavy atom. The molecule has 1 atom stereocenters. The molecule has 0 aliphatic carbocycles. The van der Waals surface area contributed by atoms with Gasteiger partial charge in [-0.05, 0) is 30.5 Å². The Labute approximate surface area is 206 Å². The summed E-state index contributed by atoms with van der Waals surface area (Å²) in [6.45, 7) is 0.976. The number of benzene rings is 2. The summed E-state index contributed by atoms with van der Waals surface area (Å²) in [7, 11) is 0. The second-order valence-electron chi connectivity index (χ2n) is 8.16. The molecule has 8 nitrogen and oxygen atoms in total. The lowest BCUT2D eigenvalue weighted by Crippen LogP contribution is -2.43. The van der Waals surface area contributed by atoms with Crippen molar-refractivity contribution in [1.82, 2.24) is 20.3 Å². The molecule has 1 amide bonds. The van der Waals surface area contributed by atoms with E-state index in [0.29, 0.717) is 24.6 Å². The number of nitrogens with zero attached hydrogens (tertiary/aromatic N) is 3. The van der Waals surface area contributed by atoms with Gasteiger partial charge in [0.2, 0.25) is 5.91 Å². The number of rotatable bonds is 6. The zero-order chi connectivity index (χ0) is 25.3. The number of amides is 1. The van der Waals surface area contributed by atoms with E-state index in [2.05, 4.69) is 25.0 Å². The van der Waals surface area contributed by atoms with Gasteiger partial charge >= 0.3 is 6.36 Å². The van der Waals surface area contributed by atoms with Crippen LogP contribution in [0.2, 0.25) is 0 Å². The Morgan fingerprint density at radius 1 is 1.14 bits per heavy atom. The fraction of sp³-hybridized carbons (Fsp3) is 0.250. The number of hydrogen-bond donors (Lipinski definition) is 2. The van der Waals surface area contributed by atoms with Crippen LogP contribution in [0.1, 0.15) is 18.4 Å². The normalized spacial score (nSPS) is 15.9. The van der Waals surface area contributed by atoms with Crippen molar-refractivity contribution in [1.29, 1.82) is 0 Å². The van der Waals surface area contributed by atoms with E-state index in [1.54, 1.807) is 0 Å². The van der Waals surface area contributed by atoms with Gasteiger partial charge in [0.1, 0.15) is 17.6 Å². The lowest BCUT2D eigenvalue weighted by Gasteiger charge is -2.23. The standard InChI is InChI=1S/C24H20F3N5O3S/c25-24(26,27)35-17-11-5-4-9-15(17)19-30-21(34)18-22(31-19)36-23(29-18)32-12-6-10-16(32)20(33)28-13-14-7-2-1-3-8-14/h1-5,7-9,11,16H,6,10,12-13H2,(H,28,33)(H,30,31,34). The average molecular weight is 516 g/mol. The summed E-state index contributed by atoms with van der Waals surface area (Å²) in [5.74, 6) is -0.690. The van der Waals surface area contributed by atoms with E-state index in [1.807, 2.05) is 35.2 Å². The number of para-hydroxylation sites is 1. The second kappa shape index (κ2) is 9.61. The van der Waals surface area contributed by atoms with Crippen molar-refractivity contribution in [3.8, 4) is 17.1 Å². The molecule has 1 unspecified atom stereocenters. The van der Waals surface area contributed by atoms with Crippen LogP contribution in [-0.4, -0.2) is 39.8 Å².